The van der Waals surface area contributed by atoms with Crippen molar-refractivity contribution in [3.8, 4) is 67.5 Å². The van der Waals surface area contributed by atoms with Crippen LogP contribution in [-0.2, 0) is 5.41 Å². The van der Waals surface area contributed by atoms with E-state index in [9.17, 15) is 0 Å². The van der Waals surface area contributed by atoms with Gasteiger partial charge in [-0.15, -0.1) is 0 Å². The van der Waals surface area contributed by atoms with Gasteiger partial charge in [-0.3, -0.25) is 0 Å². The van der Waals surface area contributed by atoms with E-state index in [1.807, 2.05) is 42.5 Å². The summed E-state index contributed by atoms with van der Waals surface area (Å²) in [7, 11) is 0. The number of hydrogen-bond acceptors (Lipinski definition) is 4. The first-order chi connectivity index (χ1) is 25.5. The first-order valence-electron chi connectivity index (χ1n) is 17.7. The van der Waals surface area contributed by atoms with E-state index in [4.69, 9.17) is 19.4 Å². The summed E-state index contributed by atoms with van der Waals surface area (Å²) in [5.41, 5.74) is 14.3. The standard InChI is InChI=1S/C48H33N3O/c1-48(2)39-25-24-35(29-38(39)43-40(48)26-27-42-44(43)37-18-9-10-19-41(37)52-42)34-16-11-17-36(28-34)47-50-45(32-14-7-4-8-15-32)49-46(51-47)33-22-20-31(21-23-33)30-12-5-3-6-13-30/h3-29H,1-2H3. The van der Waals surface area contributed by atoms with Crippen LogP contribution in [0.5, 0.6) is 0 Å². The molecule has 0 N–H and O–H groups in total. The quantitative estimate of drug-likeness (QED) is 0.183. The van der Waals surface area contributed by atoms with E-state index < -0.39 is 0 Å². The fraction of sp³-hybridized carbons (Fsp3) is 0.0625. The lowest BCUT2D eigenvalue weighted by molar-refractivity contribution is 0.656. The molecule has 2 aromatic heterocycles. The Morgan fingerprint density at radius 1 is 0.404 bits per heavy atom. The van der Waals surface area contributed by atoms with Crippen molar-refractivity contribution >= 4 is 21.9 Å². The monoisotopic (exact) mass is 667 g/mol. The molecule has 52 heavy (non-hydrogen) atoms. The second-order valence-corrected chi connectivity index (χ2v) is 14.0. The average Bonchev–Trinajstić information content (AvgIpc) is 3.70. The third kappa shape index (κ3) is 4.87. The lowest BCUT2D eigenvalue weighted by atomic mass is 9.82. The fourth-order valence-electron chi connectivity index (χ4n) is 7.87. The first kappa shape index (κ1) is 30.2. The number of benzene rings is 7. The van der Waals surface area contributed by atoms with Gasteiger partial charge in [-0.05, 0) is 68.8 Å². The Bertz CT molecular complexity index is 2800. The van der Waals surface area contributed by atoms with Crippen molar-refractivity contribution in [2.45, 2.75) is 19.3 Å². The Morgan fingerprint density at radius 2 is 0.923 bits per heavy atom. The molecule has 0 bridgehead atoms. The second kappa shape index (κ2) is 11.7. The predicted molar refractivity (Wildman–Crippen MR) is 212 cm³/mol. The van der Waals surface area contributed by atoms with E-state index >= 15 is 0 Å². The normalized spacial score (nSPS) is 13.0. The number of hydrogen-bond donors (Lipinski definition) is 0. The van der Waals surface area contributed by atoms with E-state index in [0.717, 1.165) is 49.9 Å². The van der Waals surface area contributed by atoms with Crippen molar-refractivity contribution in [1.82, 2.24) is 15.0 Å². The number of furan rings is 1. The summed E-state index contributed by atoms with van der Waals surface area (Å²) in [5, 5.41) is 2.34. The number of rotatable bonds is 5. The smallest absolute Gasteiger partial charge is 0.164 e. The van der Waals surface area contributed by atoms with E-state index in [1.165, 1.54) is 33.2 Å². The lowest BCUT2D eigenvalue weighted by Gasteiger charge is -2.21. The van der Waals surface area contributed by atoms with Gasteiger partial charge in [-0.2, -0.15) is 0 Å². The Balaban J connectivity index is 1.09. The van der Waals surface area contributed by atoms with Crippen molar-refractivity contribution in [3.05, 3.63) is 175 Å². The molecule has 0 radical (unpaired) electrons. The predicted octanol–water partition coefficient (Wildman–Crippen LogP) is 12.4. The van der Waals surface area contributed by atoms with E-state index in [0.29, 0.717) is 17.5 Å². The molecule has 1 aliphatic rings. The molecule has 0 unspecified atom stereocenters. The van der Waals surface area contributed by atoms with Crippen molar-refractivity contribution < 1.29 is 4.42 Å². The molecule has 1 aliphatic carbocycles. The Kier molecular flexibility index (Phi) is 6.80. The summed E-state index contributed by atoms with van der Waals surface area (Å²) >= 11 is 0. The summed E-state index contributed by atoms with van der Waals surface area (Å²) in [4.78, 5) is 15.1. The highest BCUT2D eigenvalue weighted by Gasteiger charge is 2.37. The molecular formula is C48H33N3O. The molecule has 0 amide bonds. The van der Waals surface area contributed by atoms with Gasteiger partial charge in [0, 0.05) is 32.9 Å². The molecule has 0 fully saturated rings. The van der Waals surface area contributed by atoms with Gasteiger partial charge in [0.2, 0.25) is 0 Å². The zero-order chi connectivity index (χ0) is 34.8. The van der Waals surface area contributed by atoms with Crippen LogP contribution in [0.2, 0.25) is 0 Å². The molecule has 0 aliphatic heterocycles. The van der Waals surface area contributed by atoms with Crippen LogP contribution in [0.25, 0.3) is 89.5 Å². The zero-order valence-corrected chi connectivity index (χ0v) is 28.8. The molecule has 246 valence electrons. The Hall–Kier alpha value is -6.65. The van der Waals surface area contributed by atoms with Gasteiger partial charge in [0.15, 0.2) is 17.5 Å². The summed E-state index contributed by atoms with van der Waals surface area (Å²) in [6, 6.07) is 57.2. The highest BCUT2D eigenvalue weighted by atomic mass is 16.3. The van der Waals surface area contributed by atoms with Crippen LogP contribution >= 0.6 is 0 Å². The molecule has 9 aromatic rings. The molecule has 10 rings (SSSR count). The largest absolute Gasteiger partial charge is 0.456 e. The highest BCUT2D eigenvalue weighted by Crippen LogP contribution is 2.53. The van der Waals surface area contributed by atoms with Crippen LogP contribution in [0.15, 0.2) is 168 Å². The van der Waals surface area contributed by atoms with Crippen molar-refractivity contribution in [2.75, 3.05) is 0 Å². The third-order valence-electron chi connectivity index (χ3n) is 10.6. The minimum atomic E-state index is -0.133. The van der Waals surface area contributed by atoms with Gasteiger partial charge in [-0.25, -0.2) is 15.0 Å². The second-order valence-electron chi connectivity index (χ2n) is 14.0. The van der Waals surface area contributed by atoms with Gasteiger partial charge in [-0.1, -0.05) is 153 Å². The van der Waals surface area contributed by atoms with Crippen LogP contribution in [-0.4, -0.2) is 15.0 Å². The molecular weight excluding hydrogens is 635 g/mol. The number of para-hydroxylation sites is 1. The summed E-state index contributed by atoms with van der Waals surface area (Å²) < 4.78 is 6.33. The molecule has 2 heterocycles. The van der Waals surface area contributed by atoms with Gasteiger partial charge in [0.1, 0.15) is 11.2 Å². The molecule has 4 nitrogen and oxygen atoms in total. The van der Waals surface area contributed by atoms with Crippen LogP contribution in [0.4, 0.5) is 0 Å². The minimum Gasteiger partial charge on any atom is -0.456 e. The van der Waals surface area contributed by atoms with Crippen LogP contribution in [0.3, 0.4) is 0 Å². The van der Waals surface area contributed by atoms with E-state index in [1.54, 1.807) is 0 Å². The SMILES string of the molecule is CC1(C)c2ccc(-c3cccc(-c4nc(-c5ccccc5)nc(-c5ccc(-c6ccccc6)cc5)n4)c3)cc2-c2c1ccc1oc3ccccc3c21. The Morgan fingerprint density at radius 3 is 1.67 bits per heavy atom. The topological polar surface area (TPSA) is 51.8 Å². The maximum absolute atomic E-state index is 6.33. The van der Waals surface area contributed by atoms with Crippen LogP contribution < -0.4 is 0 Å². The molecule has 0 saturated carbocycles. The summed E-state index contributed by atoms with van der Waals surface area (Å²) in [5.74, 6) is 1.92. The summed E-state index contributed by atoms with van der Waals surface area (Å²) in [6.45, 7) is 4.65. The molecule has 0 spiro atoms. The molecule has 0 saturated heterocycles. The van der Waals surface area contributed by atoms with Gasteiger partial charge >= 0.3 is 0 Å². The van der Waals surface area contributed by atoms with Crippen molar-refractivity contribution in [1.29, 1.82) is 0 Å². The fourth-order valence-corrected chi connectivity index (χ4v) is 7.87. The average molecular weight is 668 g/mol. The maximum atomic E-state index is 6.33. The van der Waals surface area contributed by atoms with Crippen molar-refractivity contribution in [2.24, 2.45) is 0 Å². The van der Waals surface area contributed by atoms with E-state index in [2.05, 4.69) is 135 Å². The maximum Gasteiger partial charge on any atom is 0.164 e. The Labute approximate surface area is 302 Å². The van der Waals surface area contributed by atoms with Gasteiger partial charge < -0.3 is 4.42 Å². The molecule has 4 heteroatoms. The number of fused-ring (bicyclic) bond motifs is 7. The molecule has 0 atom stereocenters. The highest BCUT2D eigenvalue weighted by molar-refractivity contribution is 6.15. The van der Waals surface area contributed by atoms with Crippen molar-refractivity contribution in [3.63, 3.8) is 0 Å². The molecule has 7 aromatic carbocycles. The lowest BCUT2D eigenvalue weighted by Crippen LogP contribution is -2.14. The summed E-state index contributed by atoms with van der Waals surface area (Å²) in [6.07, 6.45) is 0. The number of nitrogens with zero attached hydrogens (tertiary/aromatic N) is 3. The van der Waals surface area contributed by atoms with Crippen LogP contribution in [0.1, 0.15) is 25.0 Å². The third-order valence-corrected chi connectivity index (χ3v) is 10.6. The minimum absolute atomic E-state index is 0.133. The zero-order valence-electron chi connectivity index (χ0n) is 28.8. The van der Waals surface area contributed by atoms with E-state index in [-0.39, 0.29) is 5.41 Å². The van der Waals surface area contributed by atoms with Gasteiger partial charge in [0.25, 0.3) is 0 Å². The number of aromatic nitrogens is 3. The van der Waals surface area contributed by atoms with Gasteiger partial charge in [0.05, 0.1) is 0 Å². The van der Waals surface area contributed by atoms with Crippen LogP contribution in [0, 0.1) is 0 Å². The first-order valence-corrected chi connectivity index (χ1v) is 17.7.